The largest absolute Gasteiger partial charge is 0.486 e. The maximum absolute atomic E-state index is 11.2. The summed E-state index contributed by atoms with van der Waals surface area (Å²) in [6.45, 7) is 3.66. The van der Waals surface area contributed by atoms with Crippen LogP contribution in [0.3, 0.4) is 0 Å². The predicted octanol–water partition coefficient (Wildman–Crippen LogP) is 1.34. The topological polar surface area (TPSA) is 71.4 Å². The van der Waals surface area contributed by atoms with Crippen molar-refractivity contribution < 1.29 is 14.3 Å². The van der Waals surface area contributed by atoms with Gasteiger partial charge in [0.1, 0.15) is 19.6 Å². The summed E-state index contributed by atoms with van der Waals surface area (Å²) in [5, 5.41) is 11.1. The van der Waals surface area contributed by atoms with Crippen LogP contribution in [0, 0.1) is 18.3 Å². The number of nitrogens with zero attached hydrogens (tertiary/aromatic N) is 1. The summed E-state index contributed by atoms with van der Waals surface area (Å²) in [6.07, 6.45) is 0.611. The van der Waals surface area contributed by atoms with Crippen molar-refractivity contribution in [2.24, 2.45) is 0 Å². The van der Waals surface area contributed by atoms with Crippen molar-refractivity contribution in [2.45, 2.75) is 19.8 Å². The van der Waals surface area contributed by atoms with Crippen LogP contribution in [0.25, 0.3) is 0 Å². The average Bonchev–Trinajstić information content (AvgIpc) is 2.39. The molecule has 1 heterocycles. The minimum atomic E-state index is -0.238. The Balaban J connectivity index is 1.97. The number of carbonyl (C=O) groups is 1. The van der Waals surface area contributed by atoms with Gasteiger partial charge in [0, 0.05) is 6.54 Å². The summed E-state index contributed by atoms with van der Waals surface area (Å²) in [7, 11) is 0. The maximum Gasteiger partial charge on any atom is 0.234 e. The van der Waals surface area contributed by atoms with Crippen molar-refractivity contribution in [1.82, 2.24) is 5.32 Å². The zero-order valence-electron chi connectivity index (χ0n) is 10.9. The van der Waals surface area contributed by atoms with Crippen LogP contribution in [0.1, 0.15) is 17.5 Å². The fourth-order valence-corrected chi connectivity index (χ4v) is 1.97. The van der Waals surface area contributed by atoms with Gasteiger partial charge in [-0.05, 0) is 36.6 Å². The molecule has 0 bridgehead atoms. The fourth-order valence-electron chi connectivity index (χ4n) is 1.97. The van der Waals surface area contributed by atoms with Gasteiger partial charge in [-0.25, -0.2) is 0 Å². The summed E-state index contributed by atoms with van der Waals surface area (Å²) in [6, 6.07) is 5.74. The van der Waals surface area contributed by atoms with Crippen molar-refractivity contribution >= 4 is 5.91 Å². The molecule has 1 aromatic carbocycles. The zero-order chi connectivity index (χ0) is 13.7. The molecule has 2 rings (SSSR count). The van der Waals surface area contributed by atoms with Gasteiger partial charge in [-0.1, -0.05) is 0 Å². The second-order valence-corrected chi connectivity index (χ2v) is 4.36. The molecular formula is C14H16N2O3. The molecule has 0 fully saturated rings. The number of ether oxygens (including phenoxy) is 2. The van der Waals surface area contributed by atoms with Crippen molar-refractivity contribution in [3.8, 4) is 17.6 Å². The normalized spacial score (nSPS) is 12.6. The third-order valence-electron chi connectivity index (χ3n) is 2.96. The van der Waals surface area contributed by atoms with Crippen molar-refractivity contribution in [2.75, 3.05) is 19.8 Å². The van der Waals surface area contributed by atoms with Crippen LogP contribution >= 0.6 is 0 Å². The van der Waals surface area contributed by atoms with Gasteiger partial charge in [0.05, 0.1) is 6.07 Å². The van der Waals surface area contributed by atoms with E-state index in [9.17, 15) is 4.79 Å². The van der Waals surface area contributed by atoms with Gasteiger partial charge >= 0.3 is 0 Å². The molecule has 0 radical (unpaired) electrons. The van der Waals surface area contributed by atoms with E-state index in [1.807, 2.05) is 25.1 Å². The highest BCUT2D eigenvalue weighted by Gasteiger charge is 2.14. The molecule has 0 saturated carbocycles. The highest BCUT2D eigenvalue weighted by molar-refractivity contribution is 5.77. The number of carbonyl (C=O) groups excluding carboxylic acids is 1. The molecule has 0 spiro atoms. The highest BCUT2D eigenvalue weighted by Crippen LogP contribution is 2.33. The van der Waals surface area contributed by atoms with E-state index < -0.39 is 0 Å². The molecule has 1 amide bonds. The molecular weight excluding hydrogens is 244 g/mol. The fraction of sp³-hybridized carbons (Fsp3) is 0.429. The Morgan fingerprint density at radius 3 is 2.74 bits per heavy atom. The Bertz CT molecular complexity index is 520. The Kier molecular flexibility index (Phi) is 4.24. The Morgan fingerprint density at radius 2 is 2.05 bits per heavy atom. The first-order valence-electron chi connectivity index (χ1n) is 6.23. The maximum atomic E-state index is 11.2. The third-order valence-corrected chi connectivity index (χ3v) is 2.96. The van der Waals surface area contributed by atoms with Gasteiger partial charge in [0.15, 0.2) is 11.5 Å². The van der Waals surface area contributed by atoms with Crippen LogP contribution in [0.15, 0.2) is 12.1 Å². The molecule has 100 valence electrons. The monoisotopic (exact) mass is 260 g/mol. The van der Waals surface area contributed by atoms with Crippen LogP contribution in [-0.2, 0) is 11.2 Å². The van der Waals surface area contributed by atoms with Gasteiger partial charge < -0.3 is 14.8 Å². The lowest BCUT2D eigenvalue weighted by atomic mass is 10.0. The van der Waals surface area contributed by atoms with E-state index >= 15 is 0 Å². The Hall–Kier alpha value is -2.22. The molecule has 0 atom stereocenters. The number of nitrogens with one attached hydrogen (secondary N) is 1. The first-order chi connectivity index (χ1) is 9.20. The summed E-state index contributed by atoms with van der Waals surface area (Å²) in [5.41, 5.74) is 2.22. The lowest BCUT2D eigenvalue weighted by molar-refractivity contribution is -0.120. The van der Waals surface area contributed by atoms with Gasteiger partial charge in [0.25, 0.3) is 0 Å². The number of nitriles is 1. The van der Waals surface area contributed by atoms with E-state index in [1.165, 1.54) is 0 Å². The average molecular weight is 260 g/mol. The number of hydrogen-bond donors (Lipinski definition) is 1. The summed E-state index contributed by atoms with van der Waals surface area (Å²) in [5.74, 6) is 1.30. The van der Waals surface area contributed by atoms with Crippen LogP contribution in [0.5, 0.6) is 11.5 Å². The number of amides is 1. The van der Waals surface area contributed by atoms with Gasteiger partial charge in [-0.2, -0.15) is 5.26 Å². The second-order valence-electron chi connectivity index (χ2n) is 4.36. The van der Waals surface area contributed by atoms with E-state index in [1.54, 1.807) is 0 Å². The van der Waals surface area contributed by atoms with Gasteiger partial charge in [0.2, 0.25) is 5.91 Å². The third kappa shape index (κ3) is 3.38. The molecule has 1 aliphatic rings. The summed E-state index contributed by atoms with van der Waals surface area (Å²) in [4.78, 5) is 11.2. The molecule has 1 aromatic rings. The molecule has 0 aromatic heterocycles. The first-order valence-corrected chi connectivity index (χ1v) is 6.23. The molecule has 1 N–H and O–H groups in total. The van der Waals surface area contributed by atoms with Crippen LogP contribution in [0.2, 0.25) is 0 Å². The molecule has 0 saturated heterocycles. The second kappa shape index (κ2) is 6.10. The van der Waals surface area contributed by atoms with Crippen LogP contribution < -0.4 is 14.8 Å². The SMILES string of the molecule is Cc1cc2c(cc1CCNC(=O)CC#N)OCCO2. The molecule has 19 heavy (non-hydrogen) atoms. The molecule has 1 aliphatic heterocycles. The standard InChI is InChI=1S/C14H16N2O3/c1-10-8-12-13(19-7-6-18-12)9-11(10)3-5-16-14(17)2-4-15/h8-9H,2-3,5-7H2,1H3,(H,16,17). The van der Waals surface area contributed by atoms with Crippen molar-refractivity contribution in [3.63, 3.8) is 0 Å². The molecule has 5 heteroatoms. The van der Waals surface area contributed by atoms with Crippen molar-refractivity contribution in [1.29, 1.82) is 5.26 Å². The number of benzene rings is 1. The smallest absolute Gasteiger partial charge is 0.234 e. The summed E-state index contributed by atoms with van der Waals surface area (Å²) < 4.78 is 11.0. The van der Waals surface area contributed by atoms with E-state index in [2.05, 4.69) is 5.32 Å². The van der Waals surface area contributed by atoms with Gasteiger partial charge in [-0.15, -0.1) is 0 Å². The number of fused-ring (bicyclic) bond motifs is 1. The minimum absolute atomic E-state index is 0.0971. The Morgan fingerprint density at radius 1 is 1.37 bits per heavy atom. The van der Waals surface area contributed by atoms with E-state index in [0.29, 0.717) is 26.2 Å². The van der Waals surface area contributed by atoms with Gasteiger partial charge in [-0.3, -0.25) is 4.79 Å². The zero-order valence-corrected chi connectivity index (χ0v) is 10.9. The lowest BCUT2D eigenvalue weighted by Gasteiger charge is -2.20. The molecule has 0 aliphatic carbocycles. The number of rotatable bonds is 4. The lowest BCUT2D eigenvalue weighted by Crippen LogP contribution is -2.25. The number of aryl methyl sites for hydroxylation is 1. The van der Waals surface area contributed by atoms with E-state index in [4.69, 9.17) is 14.7 Å². The Labute approximate surface area is 112 Å². The highest BCUT2D eigenvalue weighted by atomic mass is 16.6. The predicted molar refractivity (Wildman–Crippen MR) is 69.1 cm³/mol. The first kappa shape index (κ1) is 13.2. The van der Waals surface area contributed by atoms with Crippen molar-refractivity contribution in [3.05, 3.63) is 23.3 Å². The van der Waals surface area contributed by atoms with Crippen LogP contribution in [0.4, 0.5) is 0 Å². The van der Waals surface area contributed by atoms with E-state index in [-0.39, 0.29) is 12.3 Å². The molecule has 5 nitrogen and oxygen atoms in total. The molecule has 0 unspecified atom stereocenters. The quantitative estimate of drug-likeness (QED) is 0.886. The number of hydrogen-bond acceptors (Lipinski definition) is 4. The van der Waals surface area contributed by atoms with Crippen LogP contribution in [-0.4, -0.2) is 25.7 Å². The van der Waals surface area contributed by atoms with E-state index in [0.717, 1.165) is 22.6 Å². The summed E-state index contributed by atoms with van der Waals surface area (Å²) >= 11 is 0. The minimum Gasteiger partial charge on any atom is -0.486 e.